The van der Waals surface area contributed by atoms with Crippen LogP contribution in [0.4, 0.5) is 0 Å². The van der Waals surface area contributed by atoms with Crippen molar-refractivity contribution in [3.8, 4) is 0 Å². The lowest BCUT2D eigenvalue weighted by atomic mass is 9.77. The average molecular weight is 394 g/mol. The van der Waals surface area contributed by atoms with E-state index in [1.54, 1.807) is 11.3 Å². The van der Waals surface area contributed by atoms with E-state index in [9.17, 15) is 9.59 Å². The van der Waals surface area contributed by atoms with Crippen LogP contribution >= 0.6 is 11.3 Å². The third-order valence-corrected chi connectivity index (χ3v) is 6.83. The Morgan fingerprint density at radius 3 is 2.89 bits per heavy atom. The van der Waals surface area contributed by atoms with Crippen LogP contribution in [0.1, 0.15) is 10.4 Å². The summed E-state index contributed by atoms with van der Waals surface area (Å²) >= 11 is 1.64. The van der Waals surface area contributed by atoms with E-state index in [1.807, 2.05) is 64.9 Å². The Bertz CT molecular complexity index is 911. The van der Waals surface area contributed by atoms with Crippen molar-refractivity contribution in [1.82, 2.24) is 10.2 Å². The first-order valence-corrected chi connectivity index (χ1v) is 10.5. The van der Waals surface area contributed by atoms with Gasteiger partial charge in [-0.3, -0.25) is 9.59 Å². The van der Waals surface area contributed by atoms with Gasteiger partial charge in [0, 0.05) is 11.4 Å². The number of rotatable bonds is 6. The zero-order valence-corrected chi connectivity index (χ0v) is 16.2. The molecule has 2 amide bonds. The lowest BCUT2D eigenvalue weighted by Crippen LogP contribution is -2.44. The maximum atomic E-state index is 13.1. The smallest absolute Gasteiger partial charge is 0.230 e. The van der Waals surface area contributed by atoms with Gasteiger partial charge in [-0.15, -0.1) is 11.3 Å². The second kappa shape index (κ2) is 6.87. The number of amides is 2. The molecule has 2 fully saturated rings. The Kier molecular flexibility index (Phi) is 4.33. The molecule has 2 bridgehead atoms. The van der Waals surface area contributed by atoms with Gasteiger partial charge >= 0.3 is 0 Å². The molecule has 2 aromatic rings. The van der Waals surface area contributed by atoms with Gasteiger partial charge in [0.15, 0.2) is 0 Å². The van der Waals surface area contributed by atoms with Gasteiger partial charge in [-0.05, 0) is 23.4 Å². The van der Waals surface area contributed by atoms with E-state index in [4.69, 9.17) is 4.74 Å². The summed E-state index contributed by atoms with van der Waals surface area (Å²) in [5, 5.41) is 5.04. The number of ether oxygens (including phenoxy) is 1. The molecule has 0 radical (unpaired) electrons. The minimum absolute atomic E-state index is 0.0310. The molecule has 4 heterocycles. The second-order valence-electron chi connectivity index (χ2n) is 7.70. The number of benzene rings is 1. The molecule has 6 heteroatoms. The molecule has 3 aliphatic heterocycles. The van der Waals surface area contributed by atoms with Crippen LogP contribution in [0.25, 0.3) is 0 Å². The fourth-order valence-electron chi connectivity index (χ4n) is 4.69. The van der Waals surface area contributed by atoms with E-state index in [2.05, 4.69) is 5.32 Å². The minimum atomic E-state index is -0.638. The van der Waals surface area contributed by atoms with E-state index >= 15 is 0 Å². The Balaban J connectivity index is 1.27. The normalized spacial score (nSPS) is 30.1. The molecule has 144 valence electrons. The van der Waals surface area contributed by atoms with Gasteiger partial charge in [0.05, 0.1) is 31.0 Å². The van der Waals surface area contributed by atoms with Crippen molar-refractivity contribution in [2.75, 3.05) is 13.1 Å². The third-order valence-electron chi connectivity index (χ3n) is 5.96. The van der Waals surface area contributed by atoms with Crippen LogP contribution in [0.2, 0.25) is 0 Å². The molecule has 5 rings (SSSR count). The summed E-state index contributed by atoms with van der Waals surface area (Å²) < 4.78 is 6.17. The monoisotopic (exact) mass is 394 g/mol. The van der Waals surface area contributed by atoms with Crippen LogP contribution in [0, 0.1) is 11.8 Å². The van der Waals surface area contributed by atoms with Crippen molar-refractivity contribution < 1.29 is 14.3 Å². The fraction of sp³-hybridized carbons (Fsp3) is 0.364. The van der Waals surface area contributed by atoms with Gasteiger partial charge in [-0.1, -0.05) is 48.6 Å². The topological polar surface area (TPSA) is 58.6 Å². The maximum Gasteiger partial charge on any atom is 0.230 e. The van der Waals surface area contributed by atoms with Crippen LogP contribution in [0.3, 0.4) is 0 Å². The molecule has 0 unspecified atom stereocenters. The van der Waals surface area contributed by atoms with Gasteiger partial charge < -0.3 is 15.0 Å². The zero-order valence-electron chi connectivity index (χ0n) is 15.4. The van der Waals surface area contributed by atoms with Crippen molar-refractivity contribution in [1.29, 1.82) is 0 Å². The summed E-state index contributed by atoms with van der Waals surface area (Å²) in [7, 11) is 0. The highest BCUT2D eigenvalue weighted by Crippen LogP contribution is 2.52. The number of fused-ring (bicyclic) bond motifs is 1. The van der Waals surface area contributed by atoms with Crippen LogP contribution in [-0.2, 0) is 27.3 Å². The van der Waals surface area contributed by atoms with Crippen LogP contribution in [-0.4, -0.2) is 41.5 Å². The standard InChI is InChI=1S/C22H22N2O3S/c25-20(23-11-9-15-5-2-1-3-6-15)18-17-8-10-22(27-17)14-24(21(26)19(18)22)13-16-7-4-12-28-16/h1-8,10,12,17-19H,9,11,13-14H2,(H,23,25)/t17-,18-,19-,22-/m0/s1. The van der Waals surface area contributed by atoms with E-state index in [0.29, 0.717) is 19.6 Å². The largest absolute Gasteiger partial charge is 0.360 e. The SMILES string of the molecule is O=C(NCCc1ccccc1)[C@H]1[C@@H]2C=C[C@@]3(CN(Cc4cccs4)C(=O)[C@H]13)O2. The van der Waals surface area contributed by atoms with Crippen molar-refractivity contribution >= 4 is 23.2 Å². The molecule has 1 aromatic heterocycles. The molecule has 1 aromatic carbocycles. The number of hydrogen-bond acceptors (Lipinski definition) is 4. The predicted octanol–water partition coefficient (Wildman–Crippen LogP) is 2.39. The van der Waals surface area contributed by atoms with Gasteiger partial charge in [0.2, 0.25) is 11.8 Å². The fourth-order valence-corrected chi connectivity index (χ4v) is 5.41. The van der Waals surface area contributed by atoms with Gasteiger partial charge in [-0.2, -0.15) is 0 Å². The van der Waals surface area contributed by atoms with E-state index < -0.39 is 17.4 Å². The van der Waals surface area contributed by atoms with E-state index in [-0.39, 0.29) is 17.9 Å². The van der Waals surface area contributed by atoms with Crippen molar-refractivity contribution in [2.45, 2.75) is 24.7 Å². The highest BCUT2D eigenvalue weighted by atomic mass is 32.1. The van der Waals surface area contributed by atoms with Crippen molar-refractivity contribution in [3.63, 3.8) is 0 Å². The summed E-state index contributed by atoms with van der Waals surface area (Å²) in [6.07, 6.45) is 4.44. The molecule has 1 spiro atoms. The predicted molar refractivity (Wildman–Crippen MR) is 107 cm³/mol. The summed E-state index contributed by atoms with van der Waals surface area (Å²) in [4.78, 5) is 29.1. The summed E-state index contributed by atoms with van der Waals surface area (Å²) in [5.41, 5.74) is 0.544. The number of nitrogens with one attached hydrogen (secondary N) is 1. The minimum Gasteiger partial charge on any atom is -0.360 e. The first-order chi connectivity index (χ1) is 13.7. The Labute approximate surface area is 168 Å². The molecule has 1 N–H and O–H groups in total. The first kappa shape index (κ1) is 17.6. The lowest BCUT2D eigenvalue weighted by molar-refractivity contribution is -0.137. The Hall–Kier alpha value is -2.44. The van der Waals surface area contributed by atoms with Crippen LogP contribution in [0.5, 0.6) is 0 Å². The molecule has 0 aliphatic carbocycles. The molecule has 3 aliphatic rings. The first-order valence-electron chi connectivity index (χ1n) is 9.66. The number of carbonyl (C=O) groups is 2. The summed E-state index contributed by atoms with van der Waals surface area (Å²) in [6, 6.07) is 14.1. The van der Waals surface area contributed by atoms with Gasteiger partial charge in [0.1, 0.15) is 5.60 Å². The molecule has 28 heavy (non-hydrogen) atoms. The lowest BCUT2D eigenvalue weighted by Gasteiger charge is -2.23. The molecule has 4 atom stereocenters. The average Bonchev–Trinajstić information content (AvgIpc) is 3.46. The molecular formula is C22H22N2O3S. The van der Waals surface area contributed by atoms with Gasteiger partial charge in [0.25, 0.3) is 0 Å². The second-order valence-corrected chi connectivity index (χ2v) is 8.73. The van der Waals surface area contributed by atoms with Crippen LogP contribution < -0.4 is 5.32 Å². The molecule has 0 saturated carbocycles. The quantitative estimate of drug-likeness (QED) is 0.766. The number of hydrogen-bond donors (Lipinski definition) is 1. The molecule has 5 nitrogen and oxygen atoms in total. The molecule has 2 saturated heterocycles. The summed E-state index contributed by atoms with van der Waals surface area (Å²) in [5.74, 6) is -0.910. The highest BCUT2D eigenvalue weighted by Gasteiger charge is 2.66. The zero-order chi connectivity index (χ0) is 19.1. The maximum absolute atomic E-state index is 13.1. The number of carbonyl (C=O) groups excluding carboxylic acids is 2. The number of thiophene rings is 1. The Morgan fingerprint density at radius 1 is 1.25 bits per heavy atom. The van der Waals surface area contributed by atoms with Crippen molar-refractivity contribution in [2.24, 2.45) is 11.8 Å². The Morgan fingerprint density at radius 2 is 2.11 bits per heavy atom. The van der Waals surface area contributed by atoms with Crippen LogP contribution in [0.15, 0.2) is 60.0 Å². The number of likely N-dealkylation sites (tertiary alicyclic amines) is 1. The highest BCUT2D eigenvalue weighted by molar-refractivity contribution is 7.09. The number of nitrogens with zero attached hydrogens (tertiary/aromatic N) is 1. The third kappa shape index (κ3) is 2.88. The van der Waals surface area contributed by atoms with Crippen molar-refractivity contribution in [3.05, 3.63) is 70.4 Å². The van der Waals surface area contributed by atoms with Gasteiger partial charge in [-0.25, -0.2) is 0 Å². The summed E-state index contributed by atoms with van der Waals surface area (Å²) in [6.45, 7) is 1.66. The van der Waals surface area contributed by atoms with E-state index in [1.165, 1.54) is 5.56 Å². The van der Waals surface area contributed by atoms with E-state index in [0.717, 1.165) is 11.3 Å². The molecular weight excluding hydrogens is 372 g/mol.